The van der Waals surface area contributed by atoms with Crippen LogP contribution in [0.25, 0.3) is 0 Å². The Labute approximate surface area is 115 Å². The second kappa shape index (κ2) is 8.10. The number of rotatable bonds is 9. The van der Waals surface area contributed by atoms with E-state index in [1.54, 1.807) is 7.11 Å². The van der Waals surface area contributed by atoms with Crippen molar-refractivity contribution in [3.8, 4) is 0 Å². The standard InChI is InChI=1S/C16H24O3/c1-4-10-16(2,12-19-13-18-3)15(17)11-14-8-6-5-7-9-14/h4-9,15,17H,1,10-13H2,2-3H3/t15-,16+/m1/s1. The van der Waals surface area contributed by atoms with Crippen LogP contribution in [-0.4, -0.2) is 31.7 Å². The number of hydrogen-bond acceptors (Lipinski definition) is 3. The molecule has 0 heterocycles. The molecule has 0 radical (unpaired) electrons. The van der Waals surface area contributed by atoms with Gasteiger partial charge in [0.1, 0.15) is 6.79 Å². The highest BCUT2D eigenvalue weighted by atomic mass is 16.7. The number of ether oxygens (including phenoxy) is 2. The monoisotopic (exact) mass is 264 g/mol. The third kappa shape index (κ3) is 5.15. The van der Waals surface area contributed by atoms with Gasteiger partial charge in [-0.05, 0) is 18.4 Å². The highest BCUT2D eigenvalue weighted by Crippen LogP contribution is 2.29. The molecule has 0 unspecified atom stereocenters. The maximum absolute atomic E-state index is 10.5. The van der Waals surface area contributed by atoms with E-state index < -0.39 is 6.10 Å². The normalized spacial score (nSPS) is 15.7. The van der Waals surface area contributed by atoms with Gasteiger partial charge >= 0.3 is 0 Å². The maximum Gasteiger partial charge on any atom is 0.146 e. The van der Waals surface area contributed by atoms with Crippen molar-refractivity contribution in [2.45, 2.75) is 25.9 Å². The van der Waals surface area contributed by atoms with Gasteiger partial charge in [0.2, 0.25) is 0 Å². The van der Waals surface area contributed by atoms with Crippen molar-refractivity contribution in [1.82, 2.24) is 0 Å². The Bertz CT molecular complexity index is 364. The Morgan fingerprint density at radius 2 is 2.05 bits per heavy atom. The lowest BCUT2D eigenvalue weighted by molar-refractivity contribution is -0.0910. The minimum Gasteiger partial charge on any atom is -0.392 e. The fourth-order valence-electron chi connectivity index (χ4n) is 2.06. The van der Waals surface area contributed by atoms with E-state index in [1.807, 2.05) is 43.3 Å². The van der Waals surface area contributed by atoms with Gasteiger partial charge in [-0.2, -0.15) is 0 Å². The molecular formula is C16H24O3. The van der Waals surface area contributed by atoms with Gasteiger partial charge in [0.05, 0.1) is 12.7 Å². The number of methoxy groups -OCH3 is 1. The minimum absolute atomic E-state index is 0.241. The quantitative estimate of drug-likeness (QED) is 0.423. The molecule has 0 amide bonds. The molecule has 0 saturated carbocycles. The van der Waals surface area contributed by atoms with Gasteiger partial charge < -0.3 is 14.6 Å². The summed E-state index contributed by atoms with van der Waals surface area (Å²) in [6.45, 7) is 6.46. The summed E-state index contributed by atoms with van der Waals surface area (Å²) in [6, 6.07) is 9.98. The fraction of sp³-hybridized carbons (Fsp3) is 0.500. The van der Waals surface area contributed by atoms with Crippen LogP contribution in [-0.2, 0) is 15.9 Å². The smallest absolute Gasteiger partial charge is 0.146 e. The lowest BCUT2D eigenvalue weighted by Crippen LogP contribution is -2.38. The zero-order chi connectivity index (χ0) is 14.1. The second-order valence-corrected chi connectivity index (χ2v) is 5.11. The molecule has 1 N–H and O–H groups in total. The van der Waals surface area contributed by atoms with Crippen molar-refractivity contribution in [2.75, 3.05) is 20.5 Å². The lowest BCUT2D eigenvalue weighted by atomic mass is 9.79. The van der Waals surface area contributed by atoms with Crippen molar-refractivity contribution in [1.29, 1.82) is 0 Å². The number of benzene rings is 1. The molecule has 0 aliphatic rings. The van der Waals surface area contributed by atoms with Crippen molar-refractivity contribution in [3.05, 3.63) is 48.6 Å². The van der Waals surface area contributed by atoms with E-state index in [4.69, 9.17) is 9.47 Å². The molecule has 0 fully saturated rings. The summed E-state index contributed by atoms with van der Waals surface area (Å²) in [5.41, 5.74) is 0.771. The molecule has 3 nitrogen and oxygen atoms in total. The molecule has 3 heteroatoms. The van der Waals surface area contributed by atoms with Crippen LogP contribution in [0.4, 0.5) is 0 Å². The average molecular weight is 264 g/mol. The Kier molecular flexibility index (Phi) is 6.78. The summed E-state index contributed by atoms with van der Waals surface area (Å²) in [7, 11) is 1.59. The Morgan fingerprint density at radius 3 is 2.63 bits per heavy atom. The fourth-order valence-corrected chi connectivity index (χ4v) is 2.06. The first-order chi connectivity index (χ1) is 9.12. The second-order valence-electron chi connectivity index (χ2n) is 5.11. The molecule has 0 bridgehead atoms. The van der Waals surface area contributed by atoms with E-state index >= 15 is 0 Å². The Hall–Kier alpha value is -1.16. The van der Waals surface area contributed by atoms with E-state index in [0.717, 1.165) is 5.56 Å². The first-order valence-electron chi connectivity index (χ1n) is 6.52. The van der Waals surface area contributed by atoms with Crippen molar-refractivity contribution in [2.24, 2.45) is 5.41 Å². The third-order valence-electron chi connectivity index (χ3n) is 3.32. The van der Waals surface area contributed by atoms with Crippen LogP contribution >= 0.6 is 0 Å². The molecule has 1 rings (SSSR count). The summed E-state index contributed by atoms with van der Waals surface area (Å²) in [5, 5.41) is 10.5. The van der Waals surface area contributed by atoms with Crippen molar-refractivity contribution >= 4 is 0 Å². The van der Waals surface area contributed by atoms with Crippen molar-refractivity contribution in [3.63, 3.8) is 0 Å². The summed E-state index contributed by atoms with van der Waals surface area (Å²) in [6.07, 6.45) is 2.65. The van der Waals surface area contributed by atoms with Crippen LogP contribution in [0.2, 0.25) is 0 Å². The van der Waals surface area contributed by atoms with Crippen LogP contribution in [0.15, 0.2) is 43.0 Å². The van der Waals surface area contributed by atoms with E-state index in [2.05, 4.69) is 6.58 Å². The zero-order valence-electron chi connectivity index (χ0n) is 11.8. The molecule has 0 aliphatic heterocycles. The van der Waals surface area contributed by atoms with Gasteiger partial charge in [-0.15, -0.1) is 6.58 Å². The molecule has 2 atom stereocenters. The van der Waals surface area contributed by atoms with Gasteiger partial charge in [0, 0.05) is 12.5 Å². The number of hydrogen-bond donors (Lipinski definition) is 1. The summed E-state index contributed by atoms with van der Waals surface area (Å²) >= 11 is 0. The molecular weight excluding hydrogens is 240 g/mol. The van der Waals surface area contributed by atoms with Crippen LogP contribution in [0.1, 0.15) is 18.9 Å². The van der Waals surface area contributed by atoms with Crippen LogP contribution in [0.5, 0.6) is 0 Å². The molecule has 1 aromatic rings. The van der Waals surface area contributed by atoms with Gasteiger partial charge in [0.15, 0.2) is 0 Å². The largest absolute Gasteiger partial charge is 0.392 e. The third-order valence-corrected chi connectivity index (χ3v) is 3.32. The number of allylic oxidation sites excluding steroid dienone is 1. The lowest BCUT2D eigenvalue weighted by Gasteiger charge is -2.33. The molecule has 0 saturated heterocycles. The van der Waals surface area contributed by atoms with Crippen LogP contribution in [0.3, 0.4) is 0 Å². The van der Waals surface area contributed by atoms with E-state index in [9.17, 15) is 5.11 Å². The Morgan fingerprint density at radius 1 is 1.37 bits per heavy atom. The highest BCUT2D eigenvalue weighted by Gasteiger charge is 2.32. The summed E-state index contributed by atoms with van der Waals surface area (Å²) in [4.78, 5) is 0. The molecule has 0 spiro atoms. The molecule has 1 aromatic carbocycles. The summed E-state index contributed by atoms with van der Waals surface area (Å²) < 4.78 is 10.3. The summed E-state index contributed by atoms with van der Waals surface area (Å²) in [5.74, 6) is 0. The highest BCUT2D eigenvalue weighted by molar-refractivity contribution is 5.16. The molecule has 19 heavy (non-hydrogen) atoms. The van der Waals surface area contributed by atoms with Gasteiger partial charge in [-0.3, -0.25) is 0 Å². The molecule has 0 aromatic heterocycles. The van der Waals surface area contributed by atoms with E-state index in [1.165, 1.54) is 0 Å². The van der Waals surface area contributed by atoms with Gasteiger partial charge in [0.25, 0.3) is 0 Å². The first kappa shape index (κ1) is 15.9. The van der Waals surface area contributed by atoms with Crippen molar-refractivity contribution < 1.29 is 14.6 Å². The minimum atomic E-state index is -0.482. The first-order valence-corrected chi connectivity index (χ1v) is 6.52. The topological polar surface area (TPSA) is 38.7 Å². The predicted molar refractivity (Wildman–Crippen MR) is 76.9 cm³/mol. The number of aliphatic hydroxyl groups excluding tert-OH is 1. The molecule has 106 valence electrons. The maximum atomic E-state index is 10.5. The van der Waals surface area contributed by atoms with E-state index in [-0.39, 0.29) is 12.2 Å². The van der Waals surface area contributed by atoms with E-state index in [0.29, 0.717) is 19.4 Å². The average Bonchev–Trinajstić information content (AvgIpc) is 2.40. The van der Waals surface area contributed by atoms with Gasteiger partial charge in [-0.1, -0.05) is 43.3 Å². The zero-order valence-corrected chi connectivity index (χ0v) is 11.8. The van der Waals surface area contributed by atoms with Crippen LogP contribution in [0, 0.1) is 5.41 Å². The SMILES string of the molecule is C=CC[C@@](C)(COCOC)[C@H](O)Cc1ccccc1. The Balaban J connectivity index is 2.65. The van der Waals surface area contributed by atoms with Crippen LogP contribution < -0.4 is 0 Å². The predicted octanol–water partition coefficient (Wildman–Crippen LogP) is 2.79. The van der Waals surface area contributed by atoms with Gasteiger partial charge in [-0.25, -0.2) is 0 Å². The number of aliphatic hydroxyl groups is 1. The molecule has 0 aliphatic carbocycles.